The summed E-state index contributed by atoms with van der Waals surface area (Å²) in [6, 6.07) is 3.63. The van der Waals surface area contributed by atoms with Crippen LogP contribution in [0.5, 0.6) is 0 Å². The number of aromatic nitrogens is 4. The molecule has 100 valence electrons. The van der Waals surface area contributed by atoms with E-state index < -0.39 is 0 Å². The molecular weight excluding hydrogens is 244 g/mol. The van der Waals surface area contributed by atoms with Crippen LogP contribution >= 0.6 is 0 Å². The molecule has 0 aromatic carbocycles. The summed E-state index contributed by atoms with van der Waals surface area (Å²) in [6.45, 7) is 0.772. The van der Waals surface area contributed by atoms with E-state index in [1.54, 1.807) is 17.2 Å². The number of aliphatic hydroxyl groups excluding tert-OH is 1. The number of nitrogens with zero attached hydrogens (tertiary/aromatic N) is 4. The lowest BCUT2D eigenvalue weighted by Crippen LogP contribution is -2.18. The second-order valence-electron chi connectivity index (χ2n) is 4.58. The molecule has 1 atom stereocenters. The minimum absolute atomic E-state index is 0.00767. The number of pyridine rings is 1. The molecule has 0 aliphatic carbocycles. The van der Waals surface area contributed by atoms with E-state index in [2.05, 4.69) is 15.1 Å². The third-order valence-corrected chi connectivity index (χ3v) is 3.20. The Balaban J connectivity index is 1.79. The van der Waals surface area contributed by atoms with Gasteiger partial charge in [-0.05, 0) is 30.9 Å². The lowest BCUT2D eigenvalue weighted by Gasteiger charge is -2.21. The van der Waals surface area contributed by atoms with Crippen molar-refractivity contribution >= 4 is 0 Å². The van der Waals surface area contributed by atoms with Gasteiger partial charge >= 0.3 is 0 Å². The van der Waals surface area contributed by atoms with Crippen LogP contribution in [0.15, 0.2) is 24.7 Å². The summed E-state index contributed by atoms with van der Waals surface area (Å²) in [5.74, 6) is 0.582. The van der Waals surface area contributed by atoms with Gasteiger partial charge in [0, 0.05) is 12.8 Å². The molecule has 3 rings (SSSR count). The number of rotatable bonds is 3. The standard InChI is InChI=1S/C13H16N4O2/c18-8-10-4-5-11(14-7-10)13-15-9-17(16-13)12-3-1-2-6-19-12/h4-5,7,9,12,18H,1-3,6,8H2. The lowest BCUT2D eigenvalue weighted by atomic mass is 10.2. The highest BCUT2D eigenvalue weighted by molar-refractivity contribution is 5.47. The number of hydrogen-bond donors (Lipinski definition) is 1. The maximum Gasteiger partial charge on any atom is 0.199 e. The highest BCUT2D eigenvalue weighted by atomic mass is 16.5. The second kappa shape index (κ2) is 5.46. The van der Waals surface area contributed by atoms with Gasteiger partial charge in [0.25, 0.3) is 0 Å². The molecule has 19 heavy (non-hydrogen) atoms. The zero-order chi connectivity index (χ0) is 13.1. The van der Waals surface area contributed by atoms with E-state index in [-0.39, 0.29) is 12.8 Å². The highest BCUT2D eigenvalue weighted by Gasteiger charge is 2.17. The van der Waals surface area contributed by atoms with Gasteiger partial charge in [0.15, 0.2) is 12.1 Å². The van der Waals surface area contributed by atoms with Crippen molar-refractivity contribution in [2.75, 3.05) is 6.61 Å². The number of hydrogen-bond acceptors (Lipinski definition) is 5. The van der Waals surface area contributed by atoms with E-state index >= 15 is 0 Å². The topological polar surface area (TPSA) is 73.1 Å². The summed E-state index contributed by atoms with van der Waals surface area (Å²) in [5, 5.41) is 13.4. The van der Waals surface area contributed by atoms with E-state index in [1.807, 2.05) is 12.1 Å². The van der Waals surface area contributed by atoms with Crippen molar-refractivity contribution in [1.29, 1.82) is 0 Å². The van der Waals surface area contributed by atoms with Gasteiger partial charge in [-0.2, -0.15) is 0 Å². The Morgan fingerprint density at radius 2 is 2.26 bits per heavy atom. The first kappa shape index (κ1) is 12.3. The monoisotopic (exact) mass is 260 g/mol. The van der Waals surface area contributed by atoms with Crippen LogP contribution in [0.2, 0.25) is 0 Å². The fraction of sp³-hybridized carbons (Fsp3) is 0.462. The molecule has 1 N–H and O–H groups in total. The molecule has 0 radical (unpaired) electrons. The quantitative estimate of drug-likeness (QED) is 0.906. The molecule has 0 saturated carbocycles. The van der Waals surface area contributed by atoms with Crippen molar-refractivity contribution in [3.05, 3.63) is 30.2 Å². The largest absolute Gasteiger partial charge is 0.392 e. The minimum atomic E-state index is -0.00887. The molecule has 0 amide bonds. The zero-order valence-electron chi connectivity index (χ0n) is 10.6. The van der Waals surface area contributed by atoms with Crippen molar-refractivity contribution in [3.63, 3.8) is 0 Å². The molecule has 1 fully saturated rings. The molecule has 3 heterocycles. The van der Waals surface area contributed by atoms with Gasteiger partial charge in [0.05, 0.1) is 6.61 Å². The van der Waals surface area contributed by atoms with Crippen molar-refractivity contribution < 1.29 is 9.84 Å². The summed E-state index contributed by atoms with van der Waals surface area (Å²) in [5.41, 5.74) is 1.48. The van der Waals surface area contributed by atoms with Gasteiger partial charge in [0.2, 0.25) is 0 Å². The molecule has 0 spiro atoms. The molecular formula is C13H16N4O2. The normalized spacial score (nSPS) is 19.5. The van der Waals surface area contributed by atoms with Crippen molar-refractivity contribution in [2.45, 2.75) is 32.1 Å². The van der Waals surface area contributed by atoms with Crippen molar-refractivity contribution in [1.82, 2.24) is 19.7 Å². The van der Waals surface area contributed by atoms with E-state index in [1.165, 1.54) is 0 Å². The Kier molecular flexibility index (Phi) is 3.52. The van der Waals surface area contributed by atoms with Crippen LogP contribution in [-0.4, -0.2) is 31.5 Å². The predicted octanol–water partition coefficient (Wildman–Crippen LogP) is 1.53. The first-order chi connectivity index (χ1) is 9.36. The summed E-state index contributed by atoms with van der Waals surface area (Å²) >= 11 is 0. The Morgan fingerprint density at radius 3 is 2.95 bits per heavy atom. The van der Waals surface area contributed by atoms with Crippen LogP contribution in [0.1, 0.15) is 31.1 Å². The van der Waals surface area contributed by atoms with Crippen molar-refractivity contribution in [2.24, 2.45) is 0 Å². The van der Waals surface area contributed by atoms with Gasteiger partial charge in [-0.15, -0.1) is 5.10 Å². The average Bonchev–Trinajstić information content (AvgIpc) is 2.98. The van der Waals surface area contributed by atoms with Gasteiger partial charge in [-0.1, -0.05) is 6.07 Å². The Morgan fingerprint density at radius 1 is 1.32 bits per heavy atom. The lowest BCUT2D eigenvalue weighted by molar-refractivity contribution is -0.0395. The van der Waals surface area contributed by atoms with Gasteiger partial charge in [-0.3, -0.25) is 4.98 Å². The minimum Gasteiger partial charge on any atom is -0.392 e. The Bertz CT molecular complexity index is 532. The molecule has 0 bridgehead atoms. The third kappa shape index (κ3) is 2.64. The van der Waals surface area contributed by atoms with Crippen LogP contribution in [0, 0.1) is 0 Å². The summed E-state index contributed by atoms with van der Waals surface area (Å²) in [7, 11) is 0. The van der Waals surface area contributed by atoms with E-state index in [4.69, 9.17) is 9.84 Å². The number of ether oxygens (including phenoxy) is 1. The van der Waals surface area contributed by atoms with Gasteiger partial charge in [0.1, 0.15) is 12.0 Å². The number of aliphatic hydroxyl groups is 1. The van der Waals surface area contributed by atoms with E-state index in [0.29, 0.717) is 11.5 Å². The molecule has 6 heteroatoms. The van der Waals surface area contributed by atoms with Crippen LogP contribution < -0.4 is 0 Å². The molecule has 1 aliphatic rings. The summed E-state index contributed by atoms with van der Waals surface area (Å²) in [6.07, 6.45) is 6.55. The maximum absolute atomic E-state index is 8.98. The van der Waals surface area contributed by atoms with Crippen LogP contribution in [0.25, 0.3) is 11.5 Å². The maximum atomic E-state index is 8.98. The average molecular weight is 260 g/mol. The van der Waals surface area contributed by atoms with Crippen molar-refractivity contribution in [3.8, 4) is 11.5 Å². The Labute approximate surface area is 111 Å². The van der Waals surface area contributed by atoms with Crippen LogP contribution in [-0.2, 0) is 11.3 Å². The van der Waals surface area contributed by atoms with Gasteiger partial charge in [-0.25, -0.2) is 9.67 Å². The molecule has 1 aliphatic heterocycles. The fourth-order valence-corrected chi connectivity index (χ4v) is 2.11. The molecule has 2 aromatic heterocycles. The molecule has 2 aromatic rings. The SMILES string of the molecule is OCc1ccc(-c2ncn(C3CCCCO3)n2)nc1. The fourth-order valence-electron chi connectivity index (χ4n) is 2.11. The Hall–Kier alpha value is -1.79. The third-order valence-electron chi connectivity index (χ3n) is 3.20. The smallest absolute Gasteiger partial charge is 0.199 e. The van der Waals surface area contributed by atoms with E-state index in [0.717, 1.165) is 31.4 Å². The van der Waals surface area contributed by atoms with E-state index in [9.17, 15) is 0 Å². The molecule has 1 unspecified atom stereocenters. The zero-order valence-corrected chi connectivity index (χ0v) is 10.6. The molecule has 6 nitrogen and oxygen atoms in total. The van der Waals surface area contributed by atoms with Gasteiger partial charge < -0.3 is 9.84 Å². The second-order valence-corrected chi connectivity index (χ2v) is 4.58. The molecule has 1 saturated heterocycles. The first-order valence-corrected chi connectivity index (χ1v) is 6.46. The predicted molar refractivity (Wildman–Crippen MR) is 68.0 cm³/mol. The van der Waals surface area contributed by atoms with Crippen LogP contribution in [0.3, 0.4) is 0 Å². The summed E-state index contributed by atoms with van der Waals surface area (Å²) in [4.78, 5) is 8.50. The highest BCUT2D eigenvalue weighted by Crippen LogP contribution is 2.22. The van der Waals surface area contributed by atoms with Crippen LogP contribution in [0.4, 0.5) is 0 Å². The summed E-state index contributed by atoms with van der Waals surface area (Å²) < 4.78 is 7.42. The first-order valence-electron chi connectivity index (χ1n) is 6.46.